The van der Waals surface area contributed by atoms with Gasteiger partial charge in [-0.05, 0) is 56.4 Å². The molecule has 0 unspecified atom stereocenters. The van der Waals surface area contributed by atoms with Crippen LogP contribution in [-0.2, 0) is 11.3 Å². The number of carbonyl (C=O) groups excluding carboxylic acids is 1. The molecule has 0 bridgehead atoms. The van der Waals surface area contributed by atoms with Gasteiger partial charge in [-0.1, -0.05) is 61.0 Å². The molecule has 1 heterocycles. The maximum atomic E-state index is 12.4. The molecule has 1 saturated carbocycles. The van der Waals surface area contributed by atoms with E-state index in [0.717, 1.165) is 42.2 Å². The maximum absolute atomic E-state index is 12.4. The molecule has 1 fully saturated rings. The molecule has 1 aromatic heterocycles. The van der Waals surface area contributed by atoms with Gasteiger partial charge < -0.3 is 5.32 Å². The van der Waals surface area contributed by atoms with Crippen molar-refractivity contribution >= 4 is 29.1 Å². The largest absolute Gasteiger partial charge is 0.378 e. The van der Waals surface area contributed by atoms with Crippen molar-refractivity contribution in [1.82, 2.24) is 20.2 Å². The van der Waals surface area contributed by atoms with Gasteiger partial charge in [0.15, 0.2) is 11.0 Å². The minimum atomic E-state index is -0.132. The fourth-order valence-electron chi connectivity index (χ4n) is 3.83. The quantitative estimate of drug-likeness (QED) is 0.365. The monoisotopic (exact) mass is 462 g/mol. The Morgan fingerprint density at radius 1 is 1.12 bits per heavy atom. The number of nitrogens with one attached hydrogen (secondary N) is 2. The van der Waals surface area contributed by atoms with E-state index in [1.165, 1.54) is 23.7 Å². The topological polar surface area (TPSA) is 84.2 Å². The van der Waals surface area contributed by atoms with Gasteiger partial charge in [-0.15, -0.1) is 10.2 Å². The SMILES string of the molecule is Cc1ccc(NCc2nnc(SCC(=O)N/N=C3/CCCC[C@H]3C)n2-c2ccccc2)cc1. The summed E-state index contributed by atoms with van der Waals surface area (Å²) in [5, 5.41) is 17.2. The van der Waals surface area contributed by atoms with Gasteiger partial charge in [-0.25, -0.2) is 5.43 Å². The Labute approximate surface area is 199 Å². The highest BCUT2D eigenvalue weighted by atomic mass is 32.2. The standard InChI is InChI=1S/C25H30N6OS/c1-18-12-14-20(15-13-18)26-16-23-28-30-25(31(23)21-9-4-3-5-10-21)33-17-24(32)29-27-22-11-7-6-8-19(22)2/h3-5,9-10,12-15,19,26H,6-8,11,16-17H2,1-2H3,(H,29,32)/b27-22-/t19-/m1/s1. The molecule has 0 radical (unpaired) electrons. The van der Waals surface area contributed by atoms with Gasteiger partial charge >= 0.3 is 0 Å². The molecule has 7 nitrogen and oxygen atoms in total. The molecular weight excluding hydrogens is 432 g/mol. The summed E-state index contributed by atoms with van der Waals surface area (Å²) >= 11 is 1.36. The van der Waals surface area contributed by atoms with Crippen LogP contribution in [0.15, 0.2) is 64.9 Å². The Kier molecular flexibility index (Phi) is 7.78. The summed E-state index contributed by atoms with van der Waals surface area (Å²) < 4.78 is 1.99. The number of hydrogen-bond donors (Lipinski definition) is 2. The van der Waals surface area contributed by atoms with Crippen molar-refractivity contribution in [3.8, 4) is 5.69 Å². The Bertz CT molecular complexity index is 1090. The highest BCUT2D eigenvalue weighted by molar-refractivity contribution is 7.99. The predicted octanol–water partition coefficient (Wildman–Crippen LogP) is 4.96. The van der Waals surface area contributed by atoms with E-state index in [1.54, 1.807) is 0 Å². The van der Waals surface area contributed by atoms with E-state index in [4.69, 9.17) is 0 Å². The Hall–Kier alpha value is -3.13. The molecule has 1 atom stereocenters. The van der Waals surface area contributed by atoms with Crippen molar-refractivity contribution in [2.24, 2.45) is 11.0 Å². The molecule has 0 aliphatic heterocycles. The molecule has 1 aliphatic carbocycles. The van der Waals surface area contributed by atoms with Gasteiger partial charge in [-0.2, -0.15) is 5.10 Å². The highest BCUT2D eigenvalue weighted by Crippen LogP contribution is 2.23. The van der Waals surface area contributed by atoms with Crippen LogP contribution >= 0.6 is 11.8 Å². The minimum absolute atomic E-state index is 0.132. The van der Waals surface area contributed by atoms with Gasteiger partial charge in [0.1, 0.15) is 0 Å². The number of para-hydroxylation sites is 1. The maximum Gasteiger partial charge on any atom is 0.250 e. The summed E-state index contributed by atoms with van der Waals surface area (Å²) in [6.07, 6.45) is 4.49. The first-order valence-corrected chi connectivity index (χ1v) is 12.4. The number of benzene rings is 2. The number of thioether (sulfide) groups is 1. The molecule has 0 saturated heterocycles. The summed E-state index contributed by atoms with van der Waals surface area (Å²) in [5.74, 6) is 1.31. The smallest absolute Gasteiger partial charge is 0.250 e. The van der Waals surface area contributed by atoms with Crippen LogP contribution in [0.4, 0.5) is 5.69 Å². The summed E-state index contributed by atoms with van der Waals surface area (Å²) in [6.45, 7) is 4.76. The summed E-state index contributed by atoms with van der Waals surface area (Å²) in [6, 6.07) is 18.2. The van der Waals surface area contributed by atoms with E-state index >= 15 is 0 Å². The molecule has 4 rings (SSSR count). The fraction of sp³-hybridized carbons (Fsp3) is 0.360. The number of anilines is 1. The van der Waals surface area contributed by atoms with Crippen LogP contribution in [0.2, 0.25) is 0 Å². The second kappa shape index (κ2) is 11.1. The lowest BCUT2D eigenvalue weighted by Gasteiger charge is -2.19. The van der Waals surface area contributed by atoms with Crippen molar-refractivity contribution in [2.45, 2.75) is 51.2 Å². The second-order valence-electron chi connectivity index (χ2n) is 8.36. The lowest BCUT2D eigenvalue weighted by Crippen LogP contribution is -2.25. The molecule has 0 spiro atoms. The zero-order valence-corrected chi connectivity index (χ0v) is 19.9. The van der Waals surface area contributed by atoms with E-state index in [2.05, 4.69) is 52.0 Å². The molecule has 1 aliphatic rings. The van der Waals surface area contributed by atoms with E-state index < -0.39 is 0 Å². The number of carbonyl (C=O) groups is 1. The third-order valence-electron chi connectivity index (χ3n) is 5.76. The van der Waals surface area contributed by atoms with Gasteiger partial charge in [0, 0.05) is 17.1 Å². The van der Waals surface area contributed by atoms with E-state index in [1.807, 2.05) is 47.0 Å². The van der Waals surface area contributed by atoms with Gasteiger partial charge in [0.05, 0.1) is 12.3 Å². The average Bonchev–Trinajstić information content (AvgIpc) is 3.25. The number of rotatable bonds is 8. The minimum Gasteiger partial charge on any atom is -0.378 e. The average molecular weight is 463 g/mol. The normalized spacial score (nSPS) is 17.2. The Morgan fingerprint density at radius 2 is 1.91 bits per heavy atom. The number of hydrazone groups is 1. The van der Waals surface area contributed by atoms with Crippen molar-refractivity contribution < 1.29 is 4.79 Å². The van der Waals surface area contributed by atoms with E-state index in [9.17, 15) is 4.79 Å². The van der Waals surface area contributed by atoms with Gasteiger partial charge in [0.2, 0.25) is 0 Å². The third kappa shape index (κ3) is 6.22. The zero-order chi connectivity index (χ0) is 23.0. The van der Waals surface area contributed by atoms with Gasteiger partial charge in [-0.3, -0.25) is 9.36 Å². The molecule has 2 N–H and O–H groups in total. The molecule has 1 amide bonds. The number of hydrogen-bond acceptors (Lipinski definition) is 6. The number of amides is 1. The summed E-state index contributed by atoms with van der Waals surface area (Å²) in [5.41, 5.74) is 7.02. The lowest BCUT2D eigenvalue weighted by molar-refractivity contribution is -0.118. The lowest BCUT2D eigenvalue weighted by atomic mass is 9.89. The Morgan fingerprint density at radius 3 is 2.67 bits per heavy atom. The van der Waals surface area contributed by atoms with Crippen molar-refractivity contribution in [2.75, 3.05) is 11.1 Å². The molecule has 3 aromatic rings. The van der Waals surface area contributed by atoms with Crippen LogP contribution in [0.1, 0.15) is 44.0 Å². The number of aromatic nitrogens is 3. The number of aryl methyl sites for hydroxylation is 1. The molecule has 172 valence electrons. The first-order valence-electron chi connectivity index (χ1n) is 11.4. The summed E-state index contributed by atoms with van der Waals surface area (Å²) in [7, 11) is 0. The molecular formula is C25H30N6OS. The molecule has 8 heteroatoms. The first-order chi connectivity index (χ1) is 16.1. The zero-order valence-electron chi connectivity index (χ0n) is 19.1. The van der Waals surface area contributed by atoms with Crippen molar-refractivity contribution in [3.63, 3.8) is 0 Å². The van der Waals surface area contributed by atoms with Crippen LogP contribution in [-0.4, -0.2) is 32.1 Å². The number of nitrogens with zero attached hydrogens (tertiary/aromatic N) is 4. The second-order valence-corrected chi connectivity index (χ2v) is 9.31. The molecule has 2 aromatic carbocycles. The third-order valence-corrected chi connectivity index (χ3v) is 6.69. The van der Waals surface area contributed by atoms with E-state index in [0.29, 0.717) is 17.6 Å². The highest BCUT2D eigenvalue weighted by Gasteiger charge is 2.18. The molecule has 33 heavy (non-hydrogen) atoms. The van der Waals surface area contributed by atoms with Crippen LogP contribution in [0.25, 0.3) is 5.69 Å². The van der Waals surface area contributed by atoms with Crippen molar-refractivity contribution in [1.29, 1.82) is 0 Å². The van der Waals surface area contributed by atoms with Crippen LogP contribution < -0.4 is 10.7 Å². The van der Waals surface area contributed by atoms with Gasteiger partial charge in [0.25, 0.3) is 5.91 Å². The first kappa shape index (κ1) is 23.0. The van der Waals surface area contributed by atoms with Crippen LogP contribution in [0, 0.1) is 12.8 Å². The Balaban J connectivity index is 1.44. The summed E-state index contributed by atoms with van der Waals surface area (Å²) in [4.78, 5) is 12.4. The predicted molar refractivity (Wildman–Crippen MR) is 134 cm³/mol. The van der Waals surface area contributed by atoms with Crippen LogP contribution in [0.5, 0.6) is 0 Å². The fourth-order valence-corrected chi connectivity index (χ4v) is 4.59. The van der Waals surface area contributed by atoms with Crippen molar-refractivity contribution in [3.05, 3.63) is 66.0 Å². The van der Waals surface area contributed by atoms with Crippen LogP contribution in [0.3, 0.4) is 0 Å². The van der Waals surface area contributed by atoms with E-state index in [-0.39, 0.29) is 11.7 Å².